The smallest absolute Gasteiger partial charge is 0.364 e. The Kier molecular flexibility index (Phi) is 57.8. The molecule has 109 heavy (non-hydrogen) atoms. The average Bonchev–Trinajstić information content (AvgIpc) is 1.73. The van der Waals surface area contributed by atoms with Gasteiger partial charge in [0.05, 0.1) is 0 Å². The van der Waals surface area contributed by atoms with Gasteiger partial charge in [-0.25, -0.2) is 44.9 Å². The zero-order valence-electron chi connectivity index (χ0n) is 75.3. The van der Waals surface area contributed by atoms with Crippen LogP contribution in [0.5, 0.6) is 0 Å². The minimum Gasteiger partial charge on any atom is -0.364 e. The summed E-state index contributed by atoms with van der Waals surface area (Å²) in [5.41, 5.74) is 4.20. The van der Waals surface area contributed by atoms with Gasteiger partial charge >= 0.3 is 74.2 Å². The second-order valence-corrected chi connectivity index (χ2v) is 42.1. The second-order valence-electron chi connectivity index (χ2n) is 42.1. The van der Waals surface area contributed by atoms with Gasteiger partial charge in [0.1, 0.15) is 6.73 Å². The molecule has 639 valence electrons. The van der Waals surface area contributed by atoms with Crippen LogP contribution < -0.4 is 0 Å². The number of piperidine rings is 5. The Morgan fingerprint density at radius 2 is 0.890 bits per heavy atom. The van der Waals surface area contributed by atoms with E-state index in [0.717, 1.165) is 113 Å². The van der Waals surface area contributed by atoms with Gasteiger partial charge in [-0.3, -0.25) is 19.6 Å². The van der Waals surface area contributed by atoms with Crippen molar-refractivity contribution in [3.8, 4) is 0 Å². The number of ether oxygens (including phenoxy) is 1. The van der Waals surface area contributed by atoms with E-state index in [1.165, 1.54) is 174 Å². The molecule has 9 heterocycles. The maximum Gasteiger partial charge on any atom is 2.00 e. The monoisotopic (exact) mass is 1710 g/mol. The van der Waals surface area contributed by atoms with Crippen LogP contribution in [0.4, 0.5) is 0 Å². The first kappa shape index (κ1) is 118. The summed E-state index contributed by atoms with van der Waals surface area (Å²) in [5.74, 6) is 3.74. The third-order valence-electron chi connectivity index (χ3n) is 25.2. The predicted molar refractivity (Wildman–Crippen MR) is 462 cm³/mol. The molecule has 3 unspecified atom stereocenters. The molecule has 4 aliphatic carbocycles. The number of rotatable bonds is 7. The predicted octanol–water partition coefficient (Wildman–Crippen LogP) is 21.9. The summed E-state index contributed by atoms with van der Waals surface area (Å²) in [6.07, 6.45) is 44.9. The number of fused-ring (bicyclic) bond motifs is 4. The molecular weight excluding hydrogens is 1530 g/mol. The number of hydrogen-bond donors (Lipinski definition) is 0. The summed E-state index contributed by atoms with van der Waals surface area (Å²) in [7, 11) is 2.24. The van der Waals surface area contributed by atoms with Crippen molar-refractivity contribution < 1.29 is 97.5 Å². The molecule has 9 aliphatic heterocycles. The minimum absolute atomic E-state index is 0. The molecule has 0 aromatic carbocycles. The van der Waals surface area contributed by atoms with Crippen LogP contribution in [-0.4, -0.2) is 219 Å². The molecule has 0 aromatic heterocycles. The van der Waals surface area contributed by atoms with Crippen LogP contribution in [0.3, 0.4) is 0 Å². The zero-order valence-corrected chi connectivity index (χ0v) is 82.3. The zero-order chi connectivity index (χ0) is 76.8. The Hall–Kier alpha value is 2.52. The van der Waals surface area contributed by atoms with Gasteiger partial charge in [0.15, 0.2) is 0 Å². The SMILES string of the molecule is C.C.CC(C)(C)N1CC2(CCC2)C1.CC(C)(C)N1CC2CC(C2)C1.CC(C)(C)N1CC2CCC1C2.CC(C)(C)N1C[CH-]CC[CH-]C1.CC(C)(C)N1C[CH-]CC[CH-]CC1.CN1CCC2(CCC2)CC1.[CH2-]C1C[CH-]CN(C(C)(C)C)C1.[CH2-]CC1(C[CH2-])CN(C(C)(C)C)CO1.[CH2-]CC[CH-]CN(C[CH2-])C(C)(C)C.[V+2].[V+2].[V+2].[V+2].[V]. The van der Waals surface area contributed by atoms with Crippen LogP contribution in [0.15, 0.2) is 0 Å². The van der Waals surface area contributed by atoms with Crippen LogP contribution in [0.1, 0.15) is 329 Å². The van der Waals surface area contributed by atoms with Crippen molar-refractivity contribution in [3.63, 3.8) is 0 Å². The van der Waals surface area contributed by atoms with Gasteiger partial charge in [-0.1, -0.05) is 27.7 Å². The molecular formula is C94H184N9OV5-3. The van der Waals surface area contributed by atoms with E-state index in [4.69, 9.17) is 4.74 Å². The van der Waals surface area contributed by atoms with E-state index in [1.54, 1.807) is 0 Å². The van der Waals surface area contributed by atoms with E-state index >= 15 is 0 Å². The molecule has 15 heteroatoms. The standard InChI is InChI=1S/C11H21NO.C11H21N.C11H22N.5C10H19N.C9H17N.2CH4.5V/c1-6-11(7-2)8-12(9-13-11)10(3,4)5;1-11(2,3)12-9-7-5-4-6-8-10-12;1-6-8-9-10-12(7-2)11(3,4)5;1-10(2,3)11-6-8-4-9(5-8)7-11;1-10(2,3)11-7-8-4-5-9(11)6-8;1-9(2,3)11-7-10(8-11)5-4-6-10;1-9-6-5-7-11(8-9)10(2,3)4;1-10(2,3)11-8-6-4-5-7-9-11;1-10-7-5-9(6-8-10)3-2-4-9;;;;;;;/h1-2,6-9H2,3-5H3;5,8H,4,6-7,9-10H2,1-3H3;9H,1-2,6-8,10H2,3-5H3;2*8-9H,4-7H2,1-3H3;4-8H2,1-3H3;5,9H,1,6-8H2,2-4H3;6-7H,4-5,8-9H2,1-3H3;2-8H2,1H3;2*1H4;;;;;/q2*-2;-3;;;;2*-2;;;;;4*+2. The van der Waals surface area contributed by atoms with Crippen LogP contribution in [0, 0.1) is 108 Å². The molecule has 0 amide bonds. The molecule has 0 N–H and O–H groups in total. The fourth-order valence-electron chi connectivity index (χ4n) is 16.7. The number of nitrogens with zero attached hydrogens (tertiary/aromatic N) is 9. The molecule has 9 saturated heterocycles. The maximum atomic E-state index is 5.78. The van der Waals surface area contributed by atoms with Gasteiger partial charge in [-0.15, -0.1) is 39.3 Å². The first-order valence-corrected chi connectivity index (χ1v) is 42.4. The molecule has 4 saturated carbocycles. The van der Waals surface area contributed by atoms with E-state index in [2.05, 4.69) is 290 Å². The normalized spacial score (nSPS) is 25.7. The Morgan fingerprint density at radius 3 is 1.20 bits per heavy atom. The second kappa shape index (κ2) is 53.4. The first-order valence-electron chi connectivity index (χ1n) is 42.4. The Balaban J connectivity index is -0.000000565. The van der Waals surface area contributed by atoms with Gasteiger partial charge in [-0.2, -0.15) is 25.2 Å². The molecule has 10 nitrogen and oxygen atoms in total. The number of likely N-dealkylation sites (tertiary alicyclic amines) is 6. The molecule has 13 fully saturated rings. The number of unbranched alkanes of at least 4 members (excludes halogenated alkanes) is 2. The van der Waals surface area contributed by atoms with E-state index in [9.17, 15) is 0 Å². The van der Waals surface area contributed by atoms with E-state index in [-0.39, 0.29) is 124 Å². The maximum absolute atomic E-state index is 5.78. The topological polar surface area (TPSA) is 38.4 Å². The van der Waals surface area contributed by atoms with E-state index in [1.807, 2.05) is 0 Å². The molecule has 3 atom stereocenters. The van der Waals surface area contributed by atoms with Gasteiger partial charge in [0.2, 0.25) is 0 Å². The molecule has 13 aliphatic rings. The summed E-state index contributed by atoms with van der Waals surface area (Å²) in [4.78, 5) is 22.6. The van der Waals surface area contributed by atoms with Crippen molar-refractivity contribution in [3.05, 3.63) is 73.1 Å². The quantitative estimate of drug-likeness (QED) is 0.182. The number of hydrogen-bond acceptors (Lipinski definition) is 10. The van der Waals surface area contributed by atoms with Gasteiger partial charge in [-0.05, 0) is 299 Å². The fourth-order valence-corrected chi connectivity index (χ4v) is 16.7. The molecule has 5 radical (unpaired) electrons. The van der Waals surface area contributed by atoms with Crippen molar-refractivity contribution in [1.29, 1.82) is 0 Å². The first-order chi connectivity index (χ1) is 47.1. The van der Waals surface area contributed by atoms with E-state index < -0.39 is 0 Å². The Bertz CT molecular complexity index is 2160. The third-order valence-corrected chi connectivity index (χ3v) is 25.2. The summed E-state index contributed by atoms with van der Waals surface area (Å²) < 4.78 is 5.78. The van der Waals surface area contributed by atoms with Crippen LogP contribution in [0.2, 0.25) is 0 Å². The summed E-state index contributed by atoms with van der Waals surface area (Å²) in [6, 6.07) is 0.931. The molecule has 2 spiro atoms. The summed E-state index contributed by atoms with van der Waals surface area (Å²) >= 11 is 0. The fraction of sp³-hybridized carbons (Fsp3) is 0.883. The van der Waals surface area contributed by atoms with Crippen LogP contribution >= 0.6 is 0 Å². The largest absolute Gasteiger partial charge is 2.00 e. The minimum atomic E-state index is -0.0900. The average molecular weight is 1710 g/mol. The Labute approximate surface area is 746 Å². The van der Waals surface area contributed by atoms with Crippen molar-refractivity contribution in [2.75, 3.05) is 118 Å². The molecule has 4 bridgehead atoms. The molecule has 0 aromatic rings. The summed E-state index contributed by atoms with van der Waals surface area (Å²) in [6.45, 7) is 94.5. The Morgan fingerprint density at radius 1 is 0.450 bits per heavy atom. The van der Waals surface area contributed by atoms with Crippen LogP contribution in [0.25, 0.3) is 0 Å². The van der Waals surface area contributed by atoms with Crippen molar-refractivity contribution in [1.82, 2.24) is 44.1 Å². The third kappa shape index (κ3) is 42.7. The van der Waals surface area contributed by atoms with Crippen molar-refractivity contribution in [2.24, 2.45) is 34.5 Å². The van der Waals surface area contributed by atoms with Crippen molar-refractivity contribution in [2.45, 2.75) is 385 Å². The van der Waals surface area contributed by atoms with E-state index in [0.29, 0.717) is 45.9 Å². The van der Waals surface area contributed by atoms with Gasteiger partial charge < -0.3 is 102 Å². The van der Waals surface area contributed by atoms with Gasteiger partial charge in [0, 0.05) is 114 Å². The molecule has 13 rings (SSSR count). The van der Waals surface area contributed by atoms with Crippen molar-refractivity contribution >= 4 is 0 Å². The summed E-state index contributed by atoms with van der Waals surface area (Å²) in [5, 5.41) is 0. The van der Waals surface area contributed by atoms with Gasteiger partial charge in [0.25, 0.3) is 0 Å². The van der Waals surface area contributed by atoms with Crippen LogP contribution in [-0.2, 0) is 97.5 Å².